The van der Waals surface area contributed by atoms with Gasteiger partial charge in [0.1, 0.15) is 18.3 Å². The Morgan fingerprint density at radius 1 is 0.976 bits per heavy atom. The number of nitrogens with one attached hydrogen (secondary N) is 1. The highest BCUT2D eigenvalue weighted by molar-refractivity contribution is 7.92. The molecule has 0 spiro atoms. The lowest BCUT2D eigenvalue weighted by Gasteiger charge is -2.33. The third-order valence-corrected chi connectivity index (χ3v) is 9.65. The van der Waals surface area contributed by atoms with Crippen LogP contribution in [0.15, 0.2) is 77.7 Å². The third kappa shape index (κ3) is 7.76. The lowest BCUT2D eigenvalue weighted by Crippen LogP contribution is -2.53. The minimum atomic E-state index is -4.22. The number of amides is 2. The van der Waals surface area contributed by atoms with E-state index in [-0.39, 0.29) is 29.1 Å². The van der Waals surface area contributed by atoms with Crippen molar-refractivity contribution in [3.8, 4) is 5.75 Å². The lowest BCUT2D eigenvalue weighted by molar-refractivity contribution is -0.140. The first-order chi connectivity index (χ1) is 20.1. The van der Waals surface area contributed by atoms with E-state index in [0.29, 0.717) is 22.2 Å². The quantitative estimate of drug-likeness (QED) is 0.262. The Balaban J connectivity index is 1.71. The zero-order valence-corrected chi connectivity index (χ0v) is 26.0. The van der Waals surface area contributed by atoms with Crippen LogP contribution in [0, 0.1) is 0 Å². The first kappa shape index (κ1) is 31.7. The van der Waals surface area contributed by atoms with Crippen molar-refractivity contribution in [2.75, 3.05) is 18.0 Å². The van der Waals surface area contributed by atoms with Crippen molar-refractivity contribution in [3.63, 3.8) is 0 Å². The smallest absolute Gasteiger partial charge is 0.264 e. The van der Waals surface area contributed by atoms with E-state index in [1.807, 2.05) is 19.1 Å². The Labute approximate surface area is 257 Å². The van der Waals surface area contributed by atoms with Crippen molar-refractivity contribution in [2.45, 2.75) is 62.6 Å². The first-order valence-electron chi connectivity index (χ1n) is 13.9. The molecule has 0 bridgehead atoms. The van der Waals surface area contributed by atoms with Crippen LogP contribution in [0.5, 0.6) is 5.75 Å². The second-order valence-electron chi connectivity index (χ2n) is 10.2. The average Bonchev–Trinajstić information content (AvgIpc) is 3.49. The average molecular weight is 633 g/mol. The van der Waals surface area contributed by atoms with Gasteiger partial charge in [-0.2, -0.15) is 0 Å². The van der Waals surface area contributed by atoms with Gasteiger partial charge in [-0.1, -0.05) is 61.2 Å². The molecule has 11 heteroatoms. The molecule has 42 heavy (non-hydrogen) atoms. The fourth-order valence-electron chi connectivity index (χ4n) is 5.11. The van der Waals surface area contributed by atoms with Crippen molar-refractivity contribution in [1.29, 1.82) is 0 Å². The molecule has 1 unspecified atom stereocenters. The summed E-state index contributed by atoms with van der Waals surface area (Å²) in [6.45, 7) is 1.39. The van der Waals surface area contributed by atoms with E-state index >= 15 is 0 Å². The summed E-state index contributed by atoms with van der Waals surface area (Å²) in [6.07, 6.45) is 4.25. The highest BCUT2D eigenvalue weighted by Crippen LogP contribution is 2.28. The summed E-state index contributed by atoms with van der Waals surface area (Å²) >= 11 is 12.2. The Morgan fingerprint density at radius 2 is 1.64 bits per heavy atom. The Morgan fingerprint density at radius 3 is 2.24 bits per heavy atom. The number of rotatable bonds is 12. The number of carbonyl (C=O) groups is 2. The normalized spacial score (nSPS) is 14.3. The second-order valence-corrected chi connectivity index (χ2v) is 13.0. The maximum atomic E-state index is 14.2. The lowest BCUT2D eigenvalue weighted by atomic mass is 10.1. The Hall–Kier alpha value is -3.27. The molecule has 3 aromatic carbocycles. The predicted molar refractivity (Wildman–Crippen MR) is 165 cm³/mol. The Kier molecular flexibility index (Phi) is 10.8. The number of nitrogens with zero attached hydrogens (tertiary/aromatic N) is 2. The van der Waals surface area contributed by atoms with Crippen molar-refractivity contribution < 1.29 is 22.7 Å². The fourth-order valence-corrected chi connectivity index (χ4v) is 6.82. The molecule has 8 nitrogen and oxygen atoms in total. The fraction of sp³-hybridized carbons (Fsp3) is 0.355. The molecule has 0 saturated heterocycles. The van der Waals surface area contributed by atoms with Gasteiger partial charge in [0, 0.05) is 22.6 Å². The minimum Gasteiger partial charge on any atom is -0.497 e. The molecule has 0 heterocycles. The summed E-state index contributed by atoms with van der Waals surface area (Å²) in [7, 11) is -2.65. The SMILES string of the molecule is CCC(C(=O)NC1CCCC1)N(Cc1ccc(OC)cc1)C(=O)CN(c1cccc(Cl)c1)S(=O)(=O)c1ccc(Cl)cc1. The number of sulfonamides is 1. The van der Waals surface area contributed by atoms with E-state index in [4.69, 9.17) is 27.9 Å². The number of methoxy groups -OCH3 is 1. The molecule has 2 amide bonds. The Bertz CT molecular complexity index is 1480. The molecule has 1 fully saturated rings. The van der Waals surface area contributed by atoms with Gasteiger partial charge in [-0.15, -0.1) is 0 Å². The summed E-state index contributed by atoms with van der Waals surface area (Å²) in [4.78, 5) is 29.1. The number of halogens is 2. The van der Waals surface area contributed by atoms with Gasteiger partial charge < -0.3 is 15.0 Å². The van der Waals surface area contributed by atoms with Gasteiger partial charge in [-0.3, -0.25) is 13.9 Å². The zero-order chi connectivity index (χ0) is 30.3. The first-order valence-corrected chi connectivity index (χ1v) is 16.1. The predicted octanol–water partition coefficient (Wildman–Crippen LogP) is 6.06. The van der Waals surface area contributed by atoms with Crippen LogP contribution >= 0.6 is 23.2 Å². The maximum Gasteiger partial charge on any atom is 0.264 e. The zero-order valence-electron chi connectivity index (χ0n) is 23.6. The highest BCUT2D eigenvalue weighted by atomic mass is 35.5. The van der Waals surface area contributed by atoms with E-state index < -0.39 is 28.5 Å². The topological polar surface area (TPSA) is 96.0 Å². The van der Waals surface area contributed by atoms with Gasteiger partial charge in [-0.05, 0) is 79.4 Å². The van der Waals surface area contributed by atoms with Gasteiger partial charge in [-0.25, -0.2) is 8.42 Å². The molecule has 1 N–H and O–H groups in total. The summed E-state index contributed by atoms with van der Waals surface area (Å²) in [5.74, 6) is -0.123. The summed E-state index contributed by atoms with van der Waals surface area (Å²) in [5.41, 5.74) is 0.991. The van der Waals surface area contributed by atoms with E-state index in [1.165, 1.54) is 35.2 Å². The number of benzene rings is 3. The number of ether oxygens (including phenoxy) is 1. The van der Waals surface area contributed by atoms with Crippen LogP contribution in [0.3, 0.4) is 0 Å². The van der Waals surface area contributed by atoms with Crippen LogP contribution in [0.2, 0.25) is 10.0 Å². The van der Waals surface area contributed by atoms with Gasteiger partial charge in [0.25, 0.3) is 10.0 Å². The second kappa shape index (κ2) is 14.3. The van der Waals surface area contributed by atoms with E-state index in [2.05, 4.69) is 5.32 Å². The van der Waals surface area contributed by atoms with Crippen LogP contribution in [-0.2, 0) is 26.2 Å². The molecule has 3 aromatic rings. The summed E-state index contributed by atoms with van der Waals surface area (Å²) in [6, 6.07) is 18.5. The van der Waals surface area contributed by atoms with Crippen molar-refractivity contribution >= 4 is 50.7 Å². The number of anilines is 1. The molecular formula is C31H35Cl2N3O5S. The molecule has 1 saturated carbocycles. The van der Waals surface area contributed by atoms with E-state index in [1.54, 1.807) is 37.4 Å². The molecule has 0 aromatic heterocycles. The van der Waals surface area contributed by atoms with Gasteiger partial charge in [0.05, 0.1) is 17.7 Å². The van der Waals surface area contributed by atoms with E-state index in [9.17, 15) is 18.0 Å². The molecule has 0 aliphatic heterocycles. The van der Waals surface area contributed by atoms with E-state index in [0.717, 1.165) is 35.6 Å². The van der Waals surface area contributed by atoms with Crippen LogP contribution in [-0.4, -0.2) is 50.9 Å². The summed E-state index contributed by atoms with van der Waals surface area (Å²) in [5, 5.41) is 3.80. The van der Waals surface area contributed by atoms with Crippen LogP contribution < -0.4 is 14.4 Å². The molecule has 0 radical (unpaired) electrons. The molecular weight excluding hydrogens is 597 g/mol. The largest absolute Gasteiger partial charge is 0.497 e. The van der Waals surface area contributed by atoms with Crippen molar-refractivity contribution in [1.82, 2.24) is 10.2 Å². The standard InChI is InChI=1S/C31H35Cl2N3O5S/c1-3-29(31(38)34-25-8-4-5-9-25)35(20-22-11-15-27(41-2)16-12-22)30(37)21-36(26-10-6-7-24(33)19-26)42(39,40)28-17-13-23(32)14-18-28/h6-7,10-19,25,29H,3-5,8-9,20-21H2,1-2H3,(H,34,38). The van der Waals surface area contributed by atoms with Gasteiger partial charge >= 0.3 is 0 Å². The number of hydrogen-bond donors (Lipinski definition) is 1. The minimum absolute atomic E-state index is 0.0348. The molecule has 4 rings (SSSR count). The van der Waals surface area contributed by atoms with Crippen LogP contribution in [0.1, 0.15) is 44.6 Å². The molecule has 1 atom stereocenters. The summed E-state index contributed by atoms with van der Waals surface area (Å²) < 4.78 is 34.1. The van der Waals surface area contributed by atoms with Crippen molar-refractivity contribution in [3.05, 3.63) is 88.4 Å². The third-order valence-electron chi connectivity index (χ3n) is 7.38. The van der Waals surface area contributed by atoms with Crippen molar-refractivity contribution in [2.24, 2.45) is 0 Å². The highest BCUT2D eigenvalue weighted by Gasteiger charge is 2.34. The van der Waals surface area contributed by atoms with Gasteiger partial charge in [0.2, 0.25) is 11.8 Å². The monoisotopic (exact) mass is 631 g/mol. The van der Waals surface area contributed by atoms with Crippen LogP contribution in [0.25, 0.3) is 0 Å². The maximum absolute atomic E-state index is 14.2. The van der Waals surface area contributed by atoms with Crippen LogP contribution in [0.4, 0.5) is 5.69 Å². The molecule has 1 aliphatic carbocycles. The number of carbonyl (C=O) groups excluding carboxylic acids is 2. The molecule has 1 aliphatic rings. The molecule has 224 valence electrons. The number of hydrogen-bond acceptors (Lipinski definition) is 5. The van der Waals surface area contributed by atoms with Gasteiger partial charge in [0.15, 0.2) is 0 Å².